The first-order chi connectivity index (χ1) is 19.3. The Kier molecular flexibility index (Phi) is 8.44. The van der Waals surface area contributed by atoms with Crippen LogP contribution in [0.3, 0.4) is 0 Å². The molecule has 0 amide bonds. The van der Waals surface area contributed by atoms with Crippen molar-refractivity contribution in [3.05, 3.63) is 143 Å². The molecule has 1 aliphatic rings. The zero-order chi connectivity index (χ0) is 26.3. The van der Waals surface area contributed by atoms with E-state index in [0.717, 1.165) is 22.3 Å². The molecule has 0 radical (unpaired) electrons. The number of fused-ring (bicyclic) bond motifs is 1. The molecule has 1 fully saturated rings. The molecule has 39 heavy (non-hydrogen) atoms. The molecule has 5 aromatic rings. The lowest BCUT2D eigenvalue weighted by atomic mass is 10.00. The molecule has 1 saturated heterocycles. The standard InChI is InChI=1S/C34H32O4S/c1-4-12-25(13-5-1)20-35-23-30-33(36-21-26-14-6-2-7-15-26)34(37-22-27-16-8-3-9-17-27)32(38-30)29-24-39-31-19-11-10-18-28(29)31/h1-19,24,30,32-34H,20-23H2/t30-,32-,33-,34+/m1/s1. The highest BCUT2D eigenvalue weighted by molar-refractivity contribution is 7.17. The second-order valence-corrected chi connectivity index (χ2v) is 10.7. The Labute approximate surface area is 233 Å². The maximum atomic E-state index is 6.79. The highest BCUT2D eigenvalue weighted by Crippen LogP contribution is 2.42. The van der Waals surface area contributed by atoms with Crippen molar-refractivity contribution in [1.82, 2.24) is 0 Å². The number of ether oxygens (including phenoxy) is 4. The van der Waals surface area contributed by atoms with E-state index in [-0.39, 0.29) is 24.4 Å². The summed E-state index contributed by atoms with van der Waals surface area (Å²) in [5, 5.41) is 3.41. The molecule has 0 N–H and O–H groups in total. The van der Waals surface area contributed by atoms with Gasteiger partial charge in [-0.15, -0.1) is 11.3 Å². The van der Waals surface area contributed by atoms with Gasteiger partial charge in [-0.3, -0.25) is 0 Å². The summed E-state index contributed by atoms with van der Waals surface area (Å²) in [6.07, 6.45) is -1.14. The fraction of sp³-hybridized carbons (Fsp3) is 0.235. The van der Waals surface area contributed by atoms with Crippen LogP contribution in [0.5, 0.6) is 0 Å². The average Bonchev–Trinajstić information content (AvgIpc) is 3.57. The molecule has 0 aliphatic carbocycles. The lowest BCUT2D eigenvalue weighted by molar-refractivity contribution is -0.0898. The Balaban J connectivity index is 1.28. The maximum absolute atomic E-state index is 6.79. The van der Waals surface area contributed by atoms with Crippen molar-refractivity contribution in [2.24, 2.45) is 0 Å². The second-order valence-electron chi connectivity index (χ2n) is 9.81. The molecule has 0 unspecified atom stereocenters. The van der Waals surface area contributed by atoms with Crippen molar-refractivity contribution >= 4 is 21.4 Å². The number of hydrogen-bond donors (Lipinski definition) is 0. The SMILES string of the molecule is c1ccc(COC[C@H]2O[C@H](c3csc4ccccc34)[C@H](OCc3ccccc3)[C@@H]2OCc2ccccc2)cc1. The molecule has 0 saturated carbocycles. The molecular formula is C34H32O4S. The zero-order valence-corrected chi connectivity index (χ0v) is 22.5. The predicted octanol–water partition coefficient (Wildman–Crippen LogP) is 7.73. The van der Waals surface area contributed by atoms with Crippen molar-refractivity contribution in [3.8, 4) is 0 Å². The van der Waals surface area contributed by atoms with Gasteiger partial charge in [0.2, 0.25) is 0 Å². The Bertz CT molecular complexity index is 1440. The van der Waals surface area contributed by atoms with E-state index in [9.17, 15) is 0 Å². The van der Waals surface area contributed by atoms with Crippen LogP contribution in [0.2, 0.25) is 0 Å². The minimum Gasteiger partial charge on any atom is -0.374 e. The van der Waals surface area contributed by atoms with Crippen molar-refractivity contribution in [2.75, 3.05) is 6.61 Å². The van der Waals surface area contributed by atoms with Crippen molar-refractivity contribution in [3.63, 3.8) is 0 Å². The van der Waals surface area contributed by atoms with Gasteiger partial charge < -0.3 is 18.9 Å². The van der Waals surface area contributed by atoms with Crippen LogP contribution >= 0.6 is 11.3 Å². The minimum absolute atomic E-state index is 0.268. The van der Waals surface area contributed by atoms with E-state index < -0.39 is 0 Å². The van der Waals surface area contributed by atoms with Crippen LogP contribution in [0.4, 0.5) is 0 Å². The fourth-order valence-electron chi connectivity index (χ4n) is 5.12. The van der Waals surface area contributed by atoms with Crippen LogP contribution in [0.15, 0.2) is 121 Å². The monoisotopic (exact) mass is 536 g/mol. The normalized spacial score (nSPS) is 20.9. The molecule has 4 aromatic carbocycles. The Morgan fingerprint density at radius 3 is 1.77 bits per heavy atom. The zero-order valence-electron chi connectivity index (χ0n) is 21.7. The summed E-state index contributed by atoms with van der Waals surface area (Å²) < 4.78 is 27.5. The van der Waals surface area contributed by atoms with Gasteiger partial charge in [0.1, 0.15) is 24.4 Å². The van der Waals surface area contributed by atoms with Gasteiger partial charge in [0.15, 0.2) is 0 Å². The third kappa shape index (κ3) is 6.30. The first kappa shape index (κ1) is 25.9. The smallest absolute Gasteiger partial charge is 0.117 e. The first-order valence-corrected chi connectivity index (χ1v) is 14.3. The summed E-state index contributed by atoms with van der Waals surface area (Å²) in [5.74, 6) is 0. The van der Waals surface area contributed by atoms with Gasteiger partial charge in [0.05, 0.1) is 26.4 Å². The lowest BCUT2D eigenvalue weighted by Gasteiger charge is -2.25. The fourth-order valence-corrected chi connectivity index (χ4v) is 6.10. The summed E-state index contributed by atoms with van der Waals surface area (Å²) >= 11 is 1.74. The van der Waals surface area contributed by atoms with E-state index in [2.05, 4.69) is 66.0 Å². The molecule has 0 bridgehead atoms. The van der Waals surface area contributed by atoms with E-state index in [4.69, 9.17) is 18.9 Å². The third-order valence-electron chi connectivity index (χ3n) is 7.09. The van der Waals surface area contributed by atoms with E-state index in [1.165, 1.54) is 10.1 Å². The van der Waals surface area contributed by atoms with E-state index >= 15 is 0 Å². The highest BCUT2D eigenvalue weighted by atomic mass is 32.1. The third-order valence-corrected chi connectivity index (χ3v) is 8.07. The van der Waals surface area contributed by atoms with E-state index in [1.54, 1.807) is 11.3 Å². The van der Waals surface area contributed by atoms with Gasteiger partial charge in [0, 0.05) is 10.3 Å². The number of thiophene rings is 1. The largest absolute Gasteiger partial charge is 0.374 e. The number of hydrogen-bond acceptors (Lipinski definition) is 5. The molecule has 1 aromatic heterocycles. The van der Waals surface area contributed by atoms with Crippen LogP contribution < -0.4 is 0 Å². The van der Waals surface area contributed by atoms with Gasteiger partial charge >= 0.3 is 0 Å². The quantitative estimate of drug-likeness (QED) is 0.173. The molecule has 1 aliphatic heterocycles. The molecule has 0 spiro atoms. The molecular weight excluding hydrogens is 504 g/mol. The first-order valence-electron chi connectivity index (χ1n) is 13.4. The molecule has 5 heteroatoms. The van der Waals surface area contributed by atoms with Crippen molar-refractivity contribution in [2.45, 2.75) is 44.2 Å². The summed E-state index contributed by atoms with van der Waals surface area (Å²) in [7, 11) is 0. The highest BCUT2D eigenvalue weighted by Gasteiger charge is 2.47. The molecule has 4 nitrogen and oxygen atoms in total. The second kappa shape index (κ2) is 12.7. The molecule has 2 heterocycles. The van der Waals surface area contributed by atoms with Crippen LogP contribution in [0, 0.1) is 0 Å². The summed E-state index contributed by atoms with van der Waals surface area (Å²) in [6.45, 7) is 1.90. The summed E-state index contributed by atoms with van der Waals surface area (Å²) in [6, 6.07) is 39.2. The Morgan fingerprint density at radius 2 is 1.13 bits per heavy atom. The van der Waals surface area contributed by atoms with Gasteiger partial charge in [-0.25, -0.2) is 0 Å². The van der Waals surface area contributed by atoms with E-state index in [0.29, 0.717) is 26.4 Å². The molecule has 6 rings (SSSR count). The van der Waals surface area contributed by atoms with Gasteiger partial charge in [-0.1, -0.05) is 109 Å². The lowest BCUT2D eigenvalue weighted by Crippen LogP contribution is -2.37. The number of rotatable bonds is 11. The molecule has 198 valence electrons. The Hall–Kier alpha value is -3.32. The van der Waals surface area contributed by atoms with Crippen LogP contribution in [-0.4, -0.2) is 24.9 Å². The summed E-state index contributed by atoms with van der Waals surface area (Å²) in [5.41, 5.74) is 4.52. The van der Waals surface area contributed by atoms with E-state index in [1.807, 2.05) is 54.6 Å². The van der Waals surface area contributed by atoms with Gasteiger partial charge in [-0.05, 0) is 33.5 Å². The minimum atomic E-state index is -0.298. The molecule has 4 atom stereocenters. The van der Waals surface area contributed by atoms with Crippen molar-refractivity contribution < 1.29 is 18.9 Å². The average molecular weight is 537 g/mol. The predicted molar refractivity (Wildman–Crippen MR) is 156 cm³/mol. The van der Waals surface area contributed by atoms with Crippen LogP contribution in [-0.2, 0) is 38.8 Å². The summed E-state index contributed by atoms with van der Waals surface area (Å²) in [4.78, 5) is 0. The van der Waals surface area contributed by atoms with Gasteiger partial charge in [0.25, 0.3) is 0 Å². The van der Waals surface area contributed by atoms with Crippen LogP contribution in [0.25, 0.3) is 10.1 Å². The maximum Gasteiger partial charge on any atom is 0.117 e. The Morgan fingerprint density at radius 1 is 0.590 bits per heavy atom. The van der Waals surface area contributed by atoms with Gasteiger partial charge in [-0.2, -0.15) is 0 Å². The van der Waals surface area contributed by atoms with Crippen molar-refractivity contribution in [1.29, 1.82) is 0 Å². The number of benzene rings is 4. The van der Waals surface area contributed by atoms with Crippen LogP contribution in [0.1, 0.15) is 28.4 Å². The topological polar surface area (TPSA) is 36.9 Å².